The predicted octanol–water partition coefficient (Wildman–Crippen LogP) is 3.09. The van der Waals surface area contributed by atoms with E-state index >= 15 is 0 Å². The van der Waals surface area contributed by atoms with Crippen LogP contribution in [0.3, 0.4) is 0 Å². The van der Waals surface area contributed by atoms with Gasteiger partial charge in [0.2, 0.25) is 5.91 Å². The molecule has 7 heteroatoms. The number of carbonyl (C=O) groups is 5. The summed E-state index contributed by atoms with van der Waals surface area (Å²) in [7, 11) is 0. The Hall–Kier alpha value is -2.05. The van der Waals surface area contributed by atoms with Gasteiger partial charge in [0, 0.05) is 42.4 Å². The Labute approximate surface area is 178 Å². The first kappa shape index (κ1) is 24.2. The van der Waals surface area contributed by atoms with Crippen LogP contribution in [0.2, 0.25) is 0 Å². The standard InChI is InChI=1S/C23H35NO6/c1-14(2)20(21(29)30)24-19(28)10-12-23(4)15(7-5-8-18(23)27)16(25)13-22(3)11-6-9-17(22)26/h14-15,20H,5-13H2,1-4H3,(H,24,28)(H,29,30). The lowest BCUT2D eigenvalue weighted by Gasteiger charge is -2.40. The molecule has 0 bridgehead atoms. The zero-order valence-electron chi connectivity index (χ0n) is 18.6. The molecule has 2 rings (SSSR count). The van der Waals surface area contributed by atoms with E-state index in [2.05, 4.69) is 5.32 Å². The van der Waals surface area contributed by atoms with Crippen LogP contribution < -0.4 is 5.32 Å². The molecule has 2 N–H and O–H groups in total. The molecular formula is C23H35NO6. The number of amides is 1. The van der Waals surface area contributed by atoms with Crippen molar-refractivity contribution in [2.24, 2.45) is 22.7 Å². The molecule has 2 aliphatic rings. The van der Waals surface area contributed by atoms with Crippen molar-refractivity contribution in [2.75, 3.05) is 0 Å². The number of carboxylic acids is 1. The summed E-state index contributed by atoms with van der Waals surface area (Å²) in [6.07, 6.45) is 3.93. The number of carboxylic acid groups (broad SMARTS) is 1. The Morgan fingerprint density at radius 3 is 2.27 bits per heavy atom. The fourth-order valence-corrected chi connectivity index (χ4v) is 5.00. The molecule has 0 spiro atoms. The van der Waals surface area contributed by atoms with E-state index in [4.69, 9.17) is 0 Å². The van der Waals surface area contributed by atoms with Gasteiger partial charge < -0.3 is 10.4 Å². The largest absolute Gasteiger partial charge is 0.480 e. The first-order valence-corrected chi connectivity index (χ1v) is 11.0. The molecule has 0 radical (unpaired) electrons. The Morgan fingerprint density at radius 2 is 1.73 bits per heavy atom. The average molecular weight is 422 g/mol. The molecule has 0 heterocycles. The summed E-state index contributed by atoms with van der Waals surface area (Å²) < 4.78 is 0. The van der Waals surface area contributed by atoms with Crippen molar-refractivity contribution >= 4 is 29.2 Å². The van der Waals surface area contributed by atoms with Crippen molar-refractivity contribution in [1.82, 2.24) is 5.32 Å². The summed E-state index contributed by atoms with van der Waals surface area (Å²) in [4.78, 5) is 62.0. The molecule has 4 unspecified atom stereocenters. The molecule has 2 aliphatic carbocycles. The highest BCUT2D eigenvalue weighted by molar-refractivity contribution is 5.97. The molecule has 2 fully saturated rings. The number of hydrogen-bond donors (Lipinski definition) is 2. The van der Waals surface area contributed by atoms with Crippen molar-refractivity contribution in [1.29, 1.82) is 0 Å². The normalized spacial score (nSPS) is 30.4. The summed E-state index contributed by atoms with van der Waals surface area (Å²) in [6.45, 7) is 7.02. The molecule has 0 aromatic carbocycles. The van der Waals surface area contributed by atoms with E-state index in [1.54, 1.807) is 20.8 Å². The average Bonchev–Trinajstić information content (AvgIpc) is 2.98. The van der Waals surface area contributed by atoms with E-state index in [9.17, 15) is 29.1 Å². The number of rotatable bonds is 9. The monoisotopic (exact) mass is 421 g/mol. The van der Waals surface area contributed by atoms with Gasteiger partial charge in [-0.15, -0.1) is 0 Å². The van der Waals surface area contributed by atoms with E-state index in [1.165, 1.54) is 0 Å². The van der Waals surface area contributed by atoms with Gasteiger partial charge >= 0.3 is 5.97 Å². The highest BCUT2D eigenvalue weighted by Crippen LogP contribution is 2.46. The molecule has 0 saturated heterocycles. The quantitative estimate of drug-likeness (QED) is 0.591. The van der Waals surface area contributed by atoms with Crippen molar-refractivity contribution < 1.29 is 29.1 Å². The molecule has 4 atom stereocenters. The maximum absolute atomic E-state index is 13.2. The highest BCUT2D eigenvalue weighted by atomic mass is 16.4. The van der Waals surface area contributed by atoms with Crippen LogP contribution in [0.5, 0.6) is 0 Å². The first-order valence-electron chi connectivity index (χ1n) is 11.0. The van der Waals surface area contributed by atoms with Gasteiger partial charge in [-0.1, -0.05) is 27.7 Å². The van der Waals surface area contributed by atoms with E-state index in [1.807, 2.05) is 6.92 Å². The molecule has 7 nitrogen and oxygen atoms in total. The van der Waals surface area contributed by atoms with Gasteiger partial charge in [-0.3, -0.25) is 19.2 Å². The van der Waals surface area contributed by atoms with E-state index < -0.39 is 34.7 Å². The molecular weight excluding hydrogens is 386 g/mol. The number of nitrogens with one attached hydrogen (secondary N) is 1. The lowest BCUT2D eigenvalue weighted by Crippen LogP contribution is -2.47. The van der Waals surface area contributed by atoms with Gasteiger partial charge in [-0.05, 0) is 38.0 Å². The van der Waals surface area contributed by atoms with E-state index in [-0.39, 0.29) is 42.5 Å². The lowest BCUT2D eigenvalue weighted by atomic mass is 9.61. The minimum atomic E-state index is -1.10. The second-order valence-electron chi connectivity index (χ2n) is 9.89. The number of Topliss-reactive ketones (excluding diaryl/α,β-unsaturated/α-hetero) is 3. The third-order valence-electron chi connectivity index (χ3n) is 7.18. The van der Waals surface area contributed by atoms with Gasteiger partial charge in [0.05, 0.1) is 0 Å². The maximum atomic E-state index is 13.2. The van der Waals surface area contributed by atoms with Gasteiger partial charge in [-0.2, -0.15) is 0 Å². The summed E-state index contributed by atoms with van der Waals surface area (Å²) in [6, 6.07) is -0.988. The van der Waals surface area contributed by atoms with Crippen LogP contribution in [-0.2, 0) is 24.0 Å². The molecule has 0 aromatic rings. The van der Waals surface area contributed by atoms with Gasteiger partial charge in [-0.25, -0.2) is 4.79 Å². The number of carbonyl (C=O) groups excluding carboxylic acids is 4. The molecule has 1 amide bonds. The van der Waals surface area contributed by atoms with Crippen molar-refractivity contribution in [3.8, 4) is 0 Å². The van der Waals surface area contributed by atoms with E-state index in [0.717, 1.165) is 6.42 Å². The Bertz CT molecular complexity index is 729. The van der Waals surface area contributed by atoms with Crippen LogP contribution in [0, 0.1) is 22.7 Å². The first-order chi connectivity index (χ1) is 13.9. The summed E-state index contributed by atoms with van der Waals surface area (Å²) in [5.41, 5.74) is -1.59. The fraction of sp³-hybridized carbons (Fsp3) is 0.783. The topological polar surface area (TPSA) is 118 Å². The van der Waals surface area contributed by atoms with Crippen LogP contribution in [-0.4, -0.2) is 40.4 Å². The van der Waals surface area contributed by atoms with Gasteiger partial charge in [0.1, 0.15) is 23.4 Å². The Kier molecular flexibility index (Phi) is 7.59. The minimum Gasteiger partial charge on any atom is -0.480 e. The second-order valence-corrected chi connectivity index (χ2v) is 9.89. The van der Waals surface area contributed by atoms with Crippen molar-refractivity contribution in [3.05, 3.63) is 0 Å². The number of ketones is 3. The zero-order valence-corrected chi connectivity index (χ0v) is 18.6. The van der Waals surface area contributed by atoms with Crippen LogP contribution >= 0.6 is 0 Å². The van der Waals surface area contributed by atoms with Crippen molar-refractivity contribution in [2.45, 2.75) is 91.5 Å². The second kappa shape index (κ2) is 9.40. The lowest BCUT2D eigenvalue weighted by molar-refractivity contribution is -0.146. The maximum Gasteiger partial charge on any atom is 0.326 e. The van der Waals surface area contributed by atoms with Gasteiger partial charge in [0.15, 0.2) is 0 Å². The smallest absolute Gasteiger partial charge is 0.326 e. The molecule has 0 aromatic heterocycles. The molecule has 30 heavy (non-hydrogen) atoms. The summed E-state index contributed by atoms with van der Waals surface area (Å²) in [5.74, 6) is -2.27. The Balaban J connectivity index is 2.09. The summed E-state index contributed by atoms with van der Waals surface area (Å²) >= 11 is 0. The van der Waals surface area contributed by atoms with Crippen LogP contribution in [0.4, 0.5) is 0 Å². The fourth-order valence-electron chi connectivity index (χ4n) is 5.00. The van der Waals surface area contributed by atoms with Crippen LogP contribution in [0.25, 0.3) is 0 Å². The van der Waals surface area contributed by atoms with Crippen LogP contribution in [0.1, 0.15) is 85.5 Å². The number of aliphatic carboxylic acids is 1. The van der Waals surface area contributed by atoms with Crippen molar-refractivity contribution in [3.63, 3.8) is 0 Å². The predicted molar refractivity (Wildman–Crippen MR) is 111 cm³/mol. The summed E-state index contributed by atoms with van der Waals surface area (Å²) in [5, 5.41) is 11.8. The van der Waals surface area contributed by atoms with Crippen LogP contribution in [0.15, 0.2) is 0 Å². The zero-order chi connectivity index (χ0) is 22.7. The highest BCUT2D eigenvalue weighted by Gasteiger charge is 2.49. The third kappa shape index (κ3) is 5.16. The SMILES string of the molecule is CC(C)C(NC(=O)CCC1(C)C(=O)CCCC1C(=O)CC1(C)CCCC1=O)C(=O)O. The minimum absolute atomic E-state index is 0.0152. The Morgan fingerprint density at radius 1 is 1.10 bits per heavy atom. The molecule has 2 saturated carbocycles. The van der Waals surface area contributed by atoms with Gasteiger partial charge in [0.25, 0.3) is 0 Å². The number of hydrogen-bond acceptors (Lipinski definition) is 5. The third-order valence-corrected chi connectivity index (χ3v) is 7.18. The van der Waals surface area contributed by atoms with E-state index in [0.29, 0.717) is 32.1 Å². The molecule has 0 aliphatic heterocycles. The molecule has 168 valence electrons.